The van der Waals surface area contributed by atoms with E-state index in [0.29, 0.717) is 26.1 Å². The van der Waals surface area contributed by atoms with Crippen molar-refractivity contribution >= 4 is 51.2 Å². The number of hydrogen-bond donors (Lipinski definition) is 0. The molecule has 6 bridgehead atoms. The third-order valence-corrected chi connectivity index (χ3v) is 11.2. The van der Waals surface area contributed by atoms with E-state index in [1.165, 1.54) is 6.42 Å². The van der Waals surface area contributed by atoms with Gasteiger partial charge in [0.1, 0.15) is 0 Å². The van der Waals surface area contributed by atoms with Gasteiger partial charge in [0.25, 0.3) is 0 Å². The molecule has 0 aromatic rings. The molecular weight excluding hydrogens is 523 g/mol. The second-order valence-corrected chi connectivity index (χ2v) is 10.5. The molecule has 0 aliphatic heterocycles. The summed E-state index contributed by atoms with van der Waals surface area (Å²) in [6.45, 7) is -0.0717. The van der Waals surface area contributed by atoms with E-state index >= 15 is 0 Å². The summed E-state index contributed by atoms with van der Waals surface area (Å²) in [7, 11) is 0. The van der Waals surface area contributed by atoms with Crippen molar-refractivity contribution in [3.8, 4) is 0 Å². The maximum absolute atomic E-state index is 12.3. The molecule has 6 fully saturated rings. The van der Waals surface area contributed by atoms with Crippen LogP contribution in [-0.4, -0.2) is 26.6 Å². The zero-order valence-corrected chi connectivity index (χ0v) is 15.8. The fourth-order valence-corrected chi connectivity index (χ4v) is 11.9. The average molecular weight is 538 g/mol. The lowest BCUT2D eigenvalue weighted by atomic mass is 9.62. The first-order valence-electron chi connectivity index (χ1n) is 7.82. The van der Waals surface area contributed by atoms with Crippen LogP contribution < -0.4 is 0 Å². The molecule has 0 unspecified atom stereocenters. The van der Waals surface area contributed by atoms with Crippen LogP contribution in [0.15, 0.2) is 0 Å². The predicted molar refractivity (Wildman–Crippen MR) is 88.7 cm³/mol. The summed E-state index contributed by atoms with van der Waals surface area (Å²) in [5.74, 6) is 3.38. The minimum absolute atomic E-state index is 0.0717. The normalized spacial score (nSPS) is 59.2. The zero-order valence-electron chi connectivity index (χ0n) is 11.5. The van der Waals surface area contributed by atoms with Gasteiger partial charge < -0.3 is 4.74 Å². The van der Waals surface area contributed by atoms with Crippen molar-refractivity contribution < 1.29 is 22.7 Å². The van der Waals surface area contributed by atoms with Crippen LogP contribution in [0.2, 0.25) is 0 Å². The van der Waals surface area contributed by atoms with E-state index in [-0.39, 0.29) is 12.0 Å². The first kappa shape index (κ1) is 15.0. The Morgan fingerprint density at radius 3 is 2.55 bits per heavy atom. The van der Waals surface area contributed by atoms with Crippen LogP contribution in [0.4, 0.5) is 13.2 Å². The van der Waals surface area contributed by atoms with Crippen LogP contribution in [0, 0.1) is 46.8 Å². The van der Waals surface area contributed by atoms with Crippen molar-refractivity contribution in [2.24, 2.45) is 46.8 Å². The molecule has 0 heterocycles. The Morgan fingerprint density at radius 1 is 1.14 bits per heavy atom. The summed E-state index contributed by atoms with van der Waals surface area (Å²) in [6, 6.07) is 0. The van der Waals surface area contributed by atoms with Gasteiger partial charge in [0.2, 0.25) is 0 Å². The maximum Gasteiger partial charge on any atom is 0.490 e. The molecule has 22 heavy (non-hydrogen) atoms. The van der Waals surface area contributed by atoms with Crippen molar-refractivity contribution in [1.29, 1.82) is 0 Å². The van der Waals surface area contributed by atoms with Gasteiger partial charge in [-0.3, -0.25) is 0 Å². The van der Waals surface area contributed by atoms with E-state index in [1.54, 1.807) is 0 Å². The SMILES string of the molecule is O=C(OCC[C@]12[C@@H]3[C@@H](I)[C@@H]4[C@H]5C[C@H]([C@@H]([C@H]53)[C@H]1I)[C@H]42)C(F)(F)F. The standard InChI is InChI=1S/C15H15F3I2O2/c16-15(17,18)13(21)22-2-1-14-9-5-3-4-6(7(5)12(14)20)10(14)11(19)8(4)9/h4-12H,1-3H2/t4-,5+,6-,7-,8+,9+,10-,11-,12+,14-/m0/s1. The van der Waals surface area contributed by atoms with Gasteiger partial charge in [-0.15, -0.1) is 0 Å². The quantitative estimate of drug-likeness (QED) is 0.311. The van der Waals surface area contributed by atoms with Gasteiger partial charge in [-0.25, -0.2) is 4.79 Å². The Labute approximate surface area is 153 Å². The van der Waals surface area contributed by atoms with Gasteiger partial charge in [0.15, 0.2) is 0 Å². The molecule has 0 saturated heterocycles. The molecule has 6 rings (SSSR count). The van der Waals surface area contributed by atoms with Gasteiger partial charge in [-0.1, -0.05) is 45.2 Å². The van der Waals surface area contributed by atoms with E-state index in [4.69, 9.17) is 0 Å². The van der Waals surface area contributed by atoms with Crippen LogP contribution in [0.3, 0.4) is 0 Å². The molecule has 0 radical (unpaired) electrons. The molecule has 10 atom stereocenters. The minimum atomic E-state index is -4.87. The van der Waals surface area contributed by atoms with Gasteiger partial charge in [0, 0.05) is 7.85 Å². The van der Waals surface area contributed by atoms with Crippen molar-refractivity contribution in [3.05, 3.63) is 0 Å². The van der Waals surface area contributed by atoms with E-state index in [9.17, 15) is 18.0 Å². The van der Waals surface area contributed by atoms with Crippen LogP contribution in [0.5, 0.6) is 0 Å². The highest BCUT2D eigenvalue weighted by atomic mass is 127. The molecule has 0 aromatic carbocycles. The number of halogens is 5. The number of alkyl halides is 5. The smallest absolute Gasteiger partial charge is 0.459 e. The zero-order chi connectivity index (χ0) is 15.6. The van der Waals surface area contributed by atoms with Crippen LogP contribution in [0.25, 0.3) is 0 Å². The van der Waals surface area contributed by atoms with Gasteiger partial charge >= 0.3 is 12.1 Å². The van der Waals surface area contributed by atoms with E-state index in [2.05, 4.69) is 49.9 Å². The summed E-state index contributed by atoms with van der Waals surface area (Å²) < 4.78 is 42.7. The summed E-state index contributed by atoms with van der Waals surface area (Å²) >= 11 is 5.18. The Balaban J connectivity index is 1.39. The van der Waals surface area contributed by atoms with Crippen LogP contribution in [-0.2, 0) is 9.53 Å². The first-order valence-corrected chi connectivity index (χ1v) is 10.3. The number of carbonyl (C=O) groups is 1. The topological polar surface area (TPSA) is 26.3 Å². The Kier molecular flexibility index (Phi) is 2.92. The first-order chi connectivity index (χ1) is 10.3. The highest BCUT2D eigenvalue weighted by Crippen LogP contribution is 2.89. The summed E-state index contributed by atoms with van der Waals surface area (Å²) in [4.78, 5) is 11.0. The molecular formula is C15H15F3I2O2. The van der Waals surface area contributed by atoms with Gasteiger partial charge in [-0.2, -0.15) is 13.2 Å². The van der Waals surface area contributed by atoms with Gasteiger partial charge in [-0.05, 0) is 59.7 Å². The Bertz CT molecular complexity index is 563. The molecule has 0 amide bonds. The van der Waals surface area contributed by atoms with E-state index in [1.807, 2.05) is 0 Å². The molecule has 6 aliphatic carbocycles. The van der Waals surface area contributed by atoms with Crippen LogP contribution >= 0.6 is 45.2 Å². The Morgan fingerprint density at radius 2 is 1.86 bits per heavy atom. The average Bonchev–Trinajstić information content (AvgIpc) is 3.14. The van der Waals surface area contributed by atoms with Gasteiger partial charge in [0.05, 0.1) is 6.61 Å². The molecule has 7 heteroatoms. The van der Waals surface area contributed by atoms with Crippen molar-refractivity contribution in [2.75, 3.05) is 6.61 Å². The Hall–Kier alpha value is 0.720. The second kappa shape index (κ2) is 4.27. The lowest BCUT2D eigenvalue weighted by molar-refractivity contribution is -0.200. The number of hydrogen-bond acceptors (Lipinski definition) is 2. The lowest BCUT2D eigenvalue weighted by Gasteiger charge is -2.42. The molecule has 122 valence electrons. The van der Waals surface area contributed by atoms with E-state index < -0.39 is 12.1 Å². The van der Waals surface area contributed by atoms with Crippen LogP contribution in [0.1, 0.15) is 12.8 Å². The lowest BCUT2D eigenvalue weighted by Crippen LogP contribution is -2.41. The summed E-state index contributed by atoms with van der Waals surface area (Å²) in [6.07, 6.45) is -2.89. The van der Waals surface area contributed by atoms with E-state index in [0.717, 1.165) is 29.6 Å². The monoisotopic (exact) mass is 538 g/mol. The van der Waals surface area contributed by atoms with Crippen molar-refractivity contribution in [3.63, 3.8) is 0 Å². The summed E-state index contributed by atoms with van der Waals surface area (Å²) in [5.41, 5.74) is 0.149. The highest BCUT2D eigenvalue weighted by molar-refractivity contribution is 14.1. The molecule has 0 aromatic heterocycles. The number of ether oxygens (including phenoxy) is 1. The molecule has 2 nitrogen and oxygen atoms in total. The maximum atomic E-state index is 12.3. The van der Waals surface area contributed by atoms with Crippen molar-refractivity contribution in [1.82, 2.24) is 0 Å². The fraction of sp³-hybridized carbons (Fsp3) is 0.933. The fourth-order valence-electron chi connectivity index (χ4n) is 7.59. The third kappa shape index (κ3) is 1.41. The highest BCUT2D eigenvalue weighted by Gasteiger charge is 2.87. The molecule has 0 N–H and O–H groups in total. The largest absolute Gasteiger partial charge is 0.490 e. The third-order valence-electron chi connectivity index (χ3n) is 7.57. The second-order valence-electron chi connectivity index (χ2n) is 7.69. The molecule has 6 saturated carbocycles. The predicted octanol–water partition coefficient (Wildman–Crippen LogP) is 3.85. The molecule has 0 spiro atoms. The minimum Gasteiger partial charge on any atom is -0.459 e. The summed E-state index contributed by atoms with van der Waals surface area (Å²) in [5, 5.41) is 0. The number of rotatable bonds is 3. The molecule has 6 aliphatic rings. The number of carbonyl (C=O) groups excluding carboxylic acids is 1. The van der Waals surface area contributed by atoms with Crippen molar-refractivity contribution in [2.45, 2.75) is 26.9 Å². The number of esters is 1.